The predicted molar refractivity (Wildman–Crippen MR) is 122 cm³/mol. The molecule has 154 valence electrons. The van der Waals surface area contributed by atoms with E-state index in [2.05, 4.69) is 66.3 Å². The maximum atomic E-state index is 6.08. The topological polar surface area (TPSA) is 67.6 Å². The van der Waals surface area contributed by atoms with Gasteiger partial charge in [-0.2, -0.15) is 0 Å². The molecule has 0 amide bonds. The minimum absolute atomic E-state index is 0. The Morgan fingerprint density at radius 2 is 2.14 bits per heavy atom. The van der Waals surface area contributed by atoms with E-state index in [1.165, 1.54) is 16.7 Å². The van der Waals surface area contributed by atoms with Gasteiger partial charge in [0.05, 0.1) is 13.2 Å². The fourth-order valence-corrected chi connectivity index (χ4v) is 3.45. The van der Waals surface area contributed by atoms with E-state index in [4.69, 9.17) is 9.73 Å². The monoisotopic (exact) mass is 498 g/mol. The summed E-state index contributed by atoms with van der Waals surface area (Å²) in [6.07, 6.45) is 1.81. The number of benzene rings is 1. The van der Waals surface area contributed by atoms with Crippen molar-refractivity contribution in [2.75, 3.05) is 26.2 Å². The Morgan fingerprint density at radius 1 is 1.32 bits per heavy atom. The second-order valence-corrected chi connectivity index (χ2v) is 6.87. The lowest BCUT2D eigenvalue weighted by molar-refractivity contribution is -0.00835. The second kappa shape index (κ2) is 10.8. The Labute approximate surface area is 184 Å². The van der Waals surface area contributed by atoms with E-state index in [1.54, 1.807) is 6.33 Å². The Morgan fingerprint density at radius 3 is 2.86 bits per heavy atom. The molecule has 1 N–H and O–H groups in total. The number of nitrogens with zero attached hydrogens (tertiary/aromatic N) is 5. The molecule has 1 fully saturated rings. The van der Waals surface area contributed by atoms with E-state index < -0.39 is 0 Å². The maximum absolute atomic E-state index is 6.08. The maximum Gasteiger partial charge on any atom is 0.194 e. The second-order valence-electron chi connectivity index (χ2n) is 6.87. The molecule has 1 unspecified atom stereocenters. The van der Waals surface area contributed by atoms with Crippen LogP contribution in [0.3, 0.4) is 0 Å². The van der Waals surface area contributed by atoms with Crippen molar-refractivity contribution < 1.29 is 4.74 Å². The van der Waals surface area contributed by atoms with Crippen LogP contribution in [-0.2, 0) is 17.8 Å². The van der Waals surface area contributed by atoms with Crippen LogP contribution >= 0.6 is 24.0 Å². The first-order chi connectivity index (χ1) is 13.1. The summed E-state index contributed by atoms with van der Waals surface area (Å²) in [5, 5.41) is 11.6. The van der Waals surface area contributed by atoms with Crippen LogP contribution in [0, 0.1) is 13.8 Å². The van der Waals surface area contributed by atoms with E-state index in [0.717, 1.165) is 38.0 Å². The quantitative estimate of drug-likeness (QED) is 0.390. The van der Waals surface area contributed by atoms with E-state index in [9.17, 15) is 0 Å². The van der Waals surface area contributed by atoms with Gasteiger partial charge in [0.2, 0.25) is 0 Å². The number of halogens is 1. The van der Waals surface area contributed by atoms with Crippen molar-refractivity contribution in [1.82, 2.24) is 25.0 Å². The molecule has 2 heterocycles. The first-order valence-electron chi connectivity index (χ1n) is 9.71. The molecule has 0 spiro atoms. The number of morpholine rings is 1. The highest BCUT2D eigenvalue weighted by Crippen LogP contribution is 2.26. The van der Waals surface area contributed by atoms with Crippen molar-refractivity contribution in [2.24, 2.45) is 4.99 Å². The van der Waals surface area contributed by atoms with Gasteiger partial charge in [-0.15, -0.1) is 34.2 Å². The Bertz CT molecular complexity index is 791. The molecule has 8 heteroatoms. The molecule has 1 saturated heterocycles. The highest BCUT2D eigenvalue weighted by atomic mass is 127. The number of ether oxygens (including phenoxy) is 1. The third kappa shape index (κ3) is 5.44. The molecule has 1 aliphatic rings. The van der Waals surface area contributed by atoms with Crippen LogP contribution in [0.4, 0.5) is 0 Å². The van der Waals surface area contributed by atoms with Gasteiger partial charge in [0, 0.05) is 19.6 Å². The zero-order valence-electron chi connectivity index (χ0n) is 17.2. The number of nitrogens with one attached hydrogen (secondary N) is 1. The number of aliphatic imine (C=N–C) groups is 1. The minimum atomic E-state index is 0. The van der Waals surface area contributed by atoms with Gasteiger partial charge in [-0.1, -0.05) is 23.8 Å². The largest absolute Gasteiger partial charge is 0.370 e. The zero-order chi connectivity index (χ0) is 19.2. The smallest absolute Gasteiger partial charge is 0.194 e. The van der Waals surface area contributed by atoms with Gasteiger partial charge >= 0.3 is 0 Å². The van der Waals surface area contributed by atoms with E-state index in [-0.39, 0.29) is 30.1 Å². The number of hydrogen-bond donors (Lipinski definition) is 1. The van der Waals surface area contributed by atoms with Gasteiger partial charge in [0.15, 0.2) is 11.8 Å². The molecule has 3 rings (SSSR count). The number of guanidine groups is 1. The summed E-state index contributed by atoms with van der Waals surface area (Å²) >= 11 is 0. The predicted octanol–water partition coefficient (Wildman–Crippen LogP) is 3.07. The molecule has 0 aliphatic carbocycles. The van der Waals surface area contributed by atoms with Crippen LogP contribution in [0.5, 0.6) is 0 Å². The average molecular weight is 498 g/mol. The Balaban J connectivity index is 0.00000280. The molecule has 0 radical (unpaired) electrons. The molecule has 28 heavy (non-hydrogen) atoms. The first-order valence-corrected chi connectivity index (χ1v) is 9.71. The number of aryl methyl sites for hydroxylation is 3. The summed E-state index contributed by atoms with van der Waals surface area (Å²) < 4.78 is 8.10. The number of aromatic nitrogens is 3. The highest BCUT2D eigenvalue weighted by molar-refractivity contribution is 14.0. The molecule has 0 saturated carbocycles. The van der Waals surface area contributed by atoms with Crippen LogP contribution in [-0.4, -0.2) is 51.9 Å². The van der Waals surface area contributed by atoms with Crippen molar-refractivity contribution in [1.29, 1.82) is 0 Å². The van der Waals surface area contributed by atoms with Gasteiger partial charge in [0.1, 0.15) is 19.0 Å². The van der Waals surface area contributed by atoms with Gasteiger partial charge in [-0.05, 0) is 38.8 Å². The molecular formula is C20H31IN6O. The fraction of sp³-hybridized carbons (Fsp3) is 0.550. The molecular weight excluding hydrogens is 467 g/mol. The Hall–Kier alpha value is -1.68. The SMILES string of the molecule is CCNC(=NCc1nncn1CC)N1CCOC(c2ccc(C)cc2C)C1.I. The van der Waals surface area contributed by atoms with Crippen molar-refractivity contribution >= 4 is 29.9 Å². The fourth-order valence-electron chi connectivity index (χ4n) is 3.45. The van der Waals surface area contributed by atoms with Crippen LogP contribution < -0.4 is 5.32 Å². The summed E-state index contributed by atoms with van der Waals surface area (Å²) in [5.74, 6) is 1.79. The minimum Gasteiger partial charge on any atom is -0.370 e. The molecule has 1 aliphatic heterocycles. The normalized spacial score (nSPS) is 17.4. The zero-order valence-corrected chi connectivity index (χ0v) is 19.5. The van der Waals surface area contributed by atoms with Gasteiger partial charge in [0.25, 0.3) is 0 Å². The van der Waals surface area contributed by atoms with Crippen molar-refractivity contribution in [2.45, 2.75) is 46.9 Å². The van der Waals surface area contributed by atoms with Crippen LogP contribution in [0.1, 0.15) is 42.5 Å². The van der Waals surface area contributed by atoms with Gasteiger partial charge in [-0.25, -0.2) is 4.99 Å². The van der Waals surface area contributed by atoms with Crippen LogP contribution in [0.25, 0.3) is 0 Å². The lowest BCUT2D eigenvalue weighted by atomic mass is 10.00. The molecule has 1 aromatic heterocycles. The number of hydrogen-bond acceptors (Lipinski definition) is 4. The summed E-state index contributed by atoms with van der Waals surface area (Å²) in [4.78, 5) is 7.09. The Kier molecular flexibility index (Phi) is 8.68. The van der Waals surface area contributed by atoms with Crippen molar-refractivity contribution in [3.05, 3.63) is 47.0 Å². The summed E-state index contributed by atoms with van der Waals surface area (Å²) in [7, 11) is 0. The summed E-state index contributed by atoms with van der Waals surface area (Å²) in [5.41, 5.74) is 3.81. The number of rotatable bonds is 5. The highest BCUT2D eigenvalue weighted by Gasteiger charge is 2.25. The lowest BCUT2D eigenvalue weighted by Gasteiger charge is -2.36. The van der Waals surface area contributed by atoms with Gasteiger partial charge in [-0.3, -0.25) is 0 Å². The van der Waals surface area contributed by atoms with Crippen molar-refractivity contribution in [3.8, 4) is 0 Å². The summed E-state index contributed by atoms with van der Waals surface area (Å²) in [6, 6.07) is 6.56. The van der Waals surface area contributed by atoms with E-state index in [1.807, 2.05) is 4.57 Å². The third-order valence-electron chi connectivity index (χ3n) is 4.88. The lowest BCUT2D eigenvalue weighted by Crippen LogP contribution is -2.48. The third-order valence-corrected chi connectivity index (χ3v) is 4.88. The molecule has 7 nitrogen and oxygen atoms in total. The molecule has 1 atom stereocenters. The van der Waals surface area contributed by atoms with E-state index in [0.29, 0.717) is 13.2 Å². The molecule has 0 bridgehead atoms. The van der Waals surface area contributed by atoms with Crippen LogP contribution in [0.15, 0.2) is 29.5 Å². The van der Waals surface area contributed by atoms with Crippen molar-refractivity contribution in [3.63, 3.8) is 0 Å². The summed E-state index contributed by atoms with van der Waals surface area (Å²) in [6.45, 7) is 12.9. The van der Waals surface area contributed by atoms with Gasteiger partial charge < -0.3 is 19.5 Å². The average Bonchev–Trinajstić information content (AvgIpc) is 3.13. The van der Waals surface area contributed by atoms with Crippen LogP contribution in [0.2, 0.25) is 0 Å². The molecule has 2 aromatic rings. The molecule has 1 aromatic carbocycles. The van der Waals surface area contributed by atoms with E-state index >= 15 is 0 Å². The first kappa shape index (κ1) is 22.6. The standard InChI is InChI=1S/C20H30N6O.HI/c1-5-21-20(22-12-19-24-23-14-25(19)6-2)26-9-10-27-18(13-26)17-8-7-15(3)11-16(17)4;/h7-8,11,14,18H,5-6,9-10,12-13H2,1-4H3,(H,21,22);1H.